The highest BCUT2D eigenvalue weighted by atomic mass is 79.9. The van der Waals surface area contributed by atoms with Gasteiger partial charge in [0.1, 0.15) is 5.75 Å². The molecule has 1 amide bonds. The molecule has 1 N–H and O–H groups in total. The summed E-state index contributed by atoms with van der Waals surface area (Å²) >= 11 is 4.64. The SMILES string of the molecule is CC(=O)Oc1ccc(/C=C2\SC(=Nc3ccccc3)NC2=O)cc1Br. The van der Waals surface area contributed by atoms with Crippen molar-refractivity contribution in [3.05, 3.63) is 63.5 Å². The number of amides is 1. The second-order valence-corrected chi connectivity index (χ2v) is 6.99. The largest absolute Gasteiger partial charge is 0.426 e. The second-order valence-electron chi connectivity index (χ2n) is 5.10. The van der Waals surface area contributed by atoms with Crippen molar-refractivity contribution >= 4 is 56.5 Å². The fourth-order valence-corrected chi connectivity index (χ4v) is 3.42. The summed E-state index contributed by atoms with van der Waals surface area (Å²) in [5.74, 6) is -0.149. The Balaban J connectivity index is 1.80. The third-order valence-electron chi connectivity index (χ3n) is 3.15. The highest BCUT2D eigenvalue weighted by Gasteiger charge is 2.23. The number of hydrogen-bond acceptors (Lipinski definition) is 5. The molecule has 7 heteroatoms. The lowest BCUT2D eigenvalue weighted by atomic mass is 10.2. The van der Waals surface area contributed by atoms with Gasteiger partial charge in [0.2, 0.25) is 0 Å². The van der Waals surface area contributed by atoms with E-state index in [0.717, 1.165) is 11.3 Å². The summed E-state index contributed by atoms with van der Waals surface area (Å²) in [5.41, 5.74) is 1.58. The summed E-state index contributed by atoms with van der Waals surface area (Å²) in [6, 6.07) is 14.7. The Morgan fingerprint density at radius 2 is 2.00 bits per heavy atom. The molecule has 1 aliphatic rings. The molecule has 0 saturated carbocycles. The van der Waals surface area contributed by atoms with Crippen LogP contribution in [0.15, 0.2) is 62.9 Å². The molecule has 0 aromatic heterocycles. The topological polar surface area (TPSA) is 67.8 Å². The number of nitrogens with one attached hydrogen (secondary N) is 1. The number of hydrogen-bond donors (Lipinski definition) is 1. The Kier molecular flexibility index (Phi) is 5.35. The van der Waals surface area contributed by atoms with Crippen LogP contribution in [0.2, 0.25) is 0 Å². The zero-order valence-electron chi connectivity index (χ0n) is 13.2. The maximum atomic E-state index is 12.1. The molecule has 1 aliphatic heterocycles. The number of amidine groups is 1. The van der Waals surface area contributed by atoms with Gasteiger partial charge in [0.05, 0.1) is 15.1 Å². The van der Waals surface area contributed by atoms with Crippen LogP contribution in [0.3, 0.4) is 0 Å². The van der Waals surface area contributed by atoms with Gasteiger partial charge in [-0.05, 0) is 63.6 Å². The average Bonchev–Trinajstić information content (AvgIpc) is 2.90. The van der Waals surface area contributed by atoms with E-state index in [0.29, 0.717) is 20.3 Å². The van der Waals surface area contributed by atoms with Crippen molar-refractivity contribution in [3.63, 3.8) is 0 Å². The van der Waals surface area contributed by atoms with Crippen LogP contribution in [0, 0.1) is 0 Å². The molecule has 2 aromatic rings. The molecule has 126 valence electrons. The third-order valence-corrected chi connectivity index (χ3v) is 4.67. The van der Waals surface area contributed by atoms with E-state index in [4.69, 9.17) is 4.74 Å². The Hall–Kier alpha value is -2.38. The molecule has 0 unspecified atom stereocenters. The summed E-state index contributed by atoms with van der Waals surface area (Å²) in [6.07, 6.45) is 1.76. The number of para-hydroxylation sites is 1. The highest BCUT2D eigenvalue weighted by Crippen LogP contribution is 2.31. The molecule has 1 fully saturated rings. The van der Waals surface area contributed by atoms with Crippen LogP contribution in [0.5, 0.6) is 5.75 Å². The molecule has 3 rings (SSSR count). The average molecular weight is 417 g/mol. The molecule has 0 radical (unpaired) electrons. The normalized spacial score (nSPS) is 17.0. The van der Waals surface area contributed by atoms with Crippen LogP contribution in [-0.2, 0) is 9.59 Å². The van der Waals surface area contributed by atoms with E-state index in [1.165, 1.54) is 18.7 Å². The van der Waals surface area contributed by atoms with Crippen molar-refractivity contribution in [2.24, 2.45) is 4.99 Å². The molecule has 0 aliphatic carbocycles. The monoisotopic (exact) mass is 416 g/mol. The van der Waals surface area contributed by atoms with E-state index < -0.39 is 0 Å². The standard InChI is InChI=1S/C18H13BrN2O3S/c1-11(22)24-15-8-7-12(9-14(15)19)10-16-17(23)21-18(25-16)20-13-5-3-2-4-6-13/h2-10H,1H3,(H,20,21,23)/b16-10-. The van der Waals surface area contributed by atoms with E-state index in [1.807, 2.05) is 30.3 Å². The Morgan fingerprint density at radius 3 is 2.68 bits per heavy atom. The van der Waals surface area contributed by atoms with Crippen molar-refractivity contribution < 1.29 is 14.3 Å². The molecule has 25 heavy (non-hydrogen) atoms. The lowest BCUT2D eigenvalue weighted by Gasteiger charge is -2.04. The van der Waals surface area contributed by atoms with Crippen molar-refractivity contribution in [2.45, 2.75) is 6.92 Å². The van der Waals surface area contributed by atoms with Crippen LogP contribution < -0.4 is 10.1 Å². The molecule has 0 bridgehead atoms. The number of ether oxygens (including phenoxy) is 1. The number of carbonyl (C=O) groups is 2. The van der Waals surface area contributed by atoms with Crippen LogP contribution >= 0.6 is 27.7 Å². The predicted molar refractivity (Wildman–Crippen MR) is 103 cm³/mol. The predicted octanol–water partition coefficient (Wildman–Crippen LogP) is 4.27. The molecule has 1 saturated heterocycles. The lowest BCUT2D eigenvalue weighted by molar-refractivity contribution is -0.131. The van der Waals surface area contributed by atoms with Crippen molar-refractivity contribution in [2.75, 3.05) is 0 Å². The third kappa shape index (κ3) is 4.58. The van der Waals surface area contributed by atoms with E-state index in [2.05, 4.69) is 26.2 Å². The molecule has 0 spiro atoms. The van der Waals surface area contributed by atoms with Crippen LogP contribution in [-0.4, -0.2) is 17.0 Å². The van der Waals surface area contributed by atoms with Gasteiger partial charge in [0.25, 0.3) is 5.91 Å². The zero-order chi connectivity index (χ0) is 17.8. The van der Waals surface area contributed by atoms with Crippen molar-refractivity contribution in [1.29, 1.82) is 0 Å². The lowest BCUT2D eigenvalue weighted by Crippen LogP contribution is -2.19. The second kappa shape index (κ2) is 7.67. The molecule has 0 atom stereocenters. The Bertz CT molecular complexity index is 894. The van der Waals surface area contributed by atoms with E-state index in [9.17, 15) is 9.59 Å². The minimum Gasteiger partial charge on any atom is -0.426 e. The number of benzene rings is 2. The first-order valence-corrected chi connectivity index (χ1v) is 8.95. The van der Waals surface area contributed by atoms with Gasteiger partial charge in [-0.2, -0.15) is 0 Å². The molecule has 1 heterocycles. The first kappa shape index (κ1) is 17.4. The quantitative estimate of drug-likeness (QED) is 0.460. The molecule has 5 nitrogen and oxygen atoms in total. The number of aliphatic imine (C=N–C) groups is 1. The molecular formula is C18H13BrN2O3S. The van der Waals surface area contributed by atoms with Crippen LogP contribution in [0.4, 0.5) is 5.69 Å². The van der Waals surface area contributed by atoms with Gasteiger partial charge in [0, 0.05) is 6.92 Å². The maximum absolute atomic E-state index is 12.1. The van der Waals surface area contributed by atoms with Gasteiger partial charge in [-0.25, -0.2) is 4.99 Å². The summed E-state index contributed by atoms with van der Waals surface area (Å²) in [7, 11) is 0. The number of halogens is 1. The fourth-order valence-electron chi connectivity index (χ4n) is 2.10. The number of carbonyl (C=O) groups excluding carboxylic acids is 2. The number of thioether (sulfide) groups is 1. The minimum absolute atomic E-state index is 0.195. The number of esters is 1. The first-order chi connectivity index (χ1) is 12.0. The molecule has 2 aromatic carbocycles. The zero-order valence-corrected chi connectivity index (χ0v) is 15.6. The minimum atomic E-state index is -0.390. The number of rotatable bonds is 3. The summed E-state index contributed by atoms with van der Waals surface area (Å²) in [4.78, 5) is 28.1. The van der Waals surface area contributed by atoms with Gasteiger partial charge in [-0.1, -0.05) is 24.3 Å². The van der Waals surface area contributed by atoms with Crippen molar-refractivity contribution in [1.82, 2.24) is 5.32 Å². The van der Waals surface area contributed by atoms with Gasteiger partial charge in [0.15, 0.2) is 5.17 Å². The summed E-state index contributed by atoms with van der Waals surface area (Å²) in [6.45, 7) is 1.34. The number of nitrogens with zero attached hydrogens (tertiary/aromatic N) is 1. The van der Waals surface area contributed by atoms with E-state index in [1.54, 1.807) is 24.3 Å². The van der Waals surface area contributed by atoms with Crippen LogP contribution in [0.1, 0.15) is 12.5 Å². The Morgan fingerprint density at radius 1 is 1.24 bits per heavy atom. The van der Waals surface area contributed by atoms with Gasteiger partial charge in [-0.15, -0.1) is 0 Å². The summed E-state index contributed by atoms with van der Waals surface area (Å²) < 4.78 is 5.70. The fraction of sp³-hybridized carbons (Fsp3) is 0.0556. The van der Waals surface area contributed by atoms with E-state index in [-0.39, 0.29) is 11.9 Å². The summed E-state index contributed by atoms with van der Waals surface area (Å²) in [5, 5.41) is 3.29. The van der Waals surface area contributed by atoms with Crippen LogP contribution in [0.25, 0.3) is 6.08 Å². The van der Waals surface area contributed by atoms with Gasteiger partial charge >= 0.3 is 5.97 Å². The maximum Gasteiger partial charge on any atom is 0.308 e. The van der Waals surface area contributed by atoms with E-state index >= 15 is 0 Å². The highest BCUT2D eigenvalue weighted by molar-refractivity contribution is 9.10. The Labute approximate surface area is 157 Å². The van der Waals surface area contributed by atoms with Gasteiger partial charge in [-0.3, -0.25) is 9.59 Å². The first-order valence-electron chi connectivity index (χ1n) is 7.34. The smallest absolute Gasteiger partial charge is 0.308 e. The van der Waals surface area contributed by atoms with Crippen molar-refractivity contribution in [3.8, 4) is 5.75 Å². The van der Waals surface area contributed by atoms with Gasteiger partial charge < -0.3 is 10.1 Å². The molecular weight excluding hydrogens is 404 g/mol.